The quantitative estimate of drug-likeness (QED) is 0.252. The van der Waals surface area contributed by atoms with Crippen LogP contribution in [0, 0.1) is 18.7 Å². The van der Waals surface area contributed by atoms with Crippen LogP contribution in [0.15, 0.2) is 78.9 Å². The van der Waals surface area contributed by atoms with Crippen molar-refractivity contribution in [3.8, 4) is 5.75 Å². The van der Waals surface area contributed by atoms with Crippen LogP contribution in [0.25, 0.3) is 0 Å². The van der Waals surface area contributed by atoms with Gasteiger partial charge in [0.15, 0.2) is 6.10 Å². The lowest BCUT2D eigenvalue weighted by molar-refractivity contribution is -0.946. The van der Waals surface area contributed by atoms with Crippen LogP contribution in [0.3, 0.4) is 0 Å². The Bertz CT molecular complexity index is 1180. The van der Waals surface area contributed by atoms with Crippen molar-refractivity contribution >= 4 is 11.8 Å². The second-order valence-corrected chi connectivity index (χ2v) is 10.5. The second kappa shape index (κ2) is 11.3. The number of amides is 1. The molecule has 2 bridgehead atoms. The number of ether oxygens (including phenoxy) is 2. The zero-order chi connectivity index (χ0) is 25.7. The minimum Gasteiger partial charge on any atom is -0.493 e. The molecule has 3 saturated heterocycles. The van der Waals surface area contributed by atoms with Crippen LogP contribution in [0.4, 0.5) is 14.9 Å². The standard InChI is InChI=1S/C31H36FN2O3/c1-24-7-5-8-28(21-24)33(22-25-11-13-27(32)14-12-25)31(35)37-30-23-34(18-15-26(30)16-19-34)17-6-20-36-29-9-3-2-4-10-29/h2-5,7-14,21,26,30H,6,15-20,22-23H2,1H3/q+1. The average Bonchev–Trinajstić information content (AvgIpc) is 2.92. The summed E-state index contributed by atoms with van der Waals surface area (Å²) in [5, 5.41) is 0. The highest BCUT2D eigenvalue weighted by Gasteiger charge is 2.47. The van der Waals surface area contributed by atoms with E-state index in [4.69, 9.17) is 9.47 Å². The minimum absolute atomic E-state index is 0.0921. The fourth-order valence-electron chi connectivity index (χ4n) is 5.80. The van der Waals surface area contributed by atoms with Crippen molar-refractivity contribution in [1.82, 2.24) is 0 Å². The highest BCUT2D eigenvalue weighted by molar-refractivity contribution is 5.87. The summed E-state index contributed by atoms with van der Waals surface area (Å²) in [5.74, 6) is 1.03. The number of quaternary nitrogens is 1. The number of nitrogens with zero attached hydrogens (tertiary/aromatic N) is 2. The van der Waals surface area contributed by atoms with Gasteiger partial charge in [-0.3, -0.25) is 4.90 Å². The zero-order valence-corrected chi connectivity index (χ0v) is 21.5. The Morgan fingerprint density at radius 3 is 2.49 bits per heavy atom. The van der Waals surface area contributed by atoms with E-state index in [2.05, 4.69) is 0 Å². The molecule has 3 aliphatic rings. The number of anilines is 1. The molecule has 6 heteroatoms. The van der Waals surface area contributed by atoms with E-state index >= 15 is 0 Å². The molecule has 1 unspecified atom stereocenters. The zero-order valence-electron chi connectivity index (χ0n) is 21.5. The molecule has 194 valence electrons. The van der Waals surface area contributed by atoms with E-state index in [0.717, 1.165) is 72.5 Å². The first-order chi connectivity index (χ1) is 18.0. The first-order valence-corrected chi connectivity index (χ1v) is 13.3. The average molecular weight is 504 g/mol. The molecule has 6 rings (SSSR count). The molecule has 3 fully saturated rings. The number of piperidine rings is 3. The molecular weight excluding hydrogens is 467 g/mol. The van der Waals surface area contributed by atoms with E-state index in [1.807, 2.05) is 61.5 Å². The smallest absolute Gasteiger partial charge is 0.415 e. The number of hydrogen-bond acceptors (Lipinski definition) is 3. The van der Waals surface area contributed by atoms with E-state index in [1.165, 1.54) is 12.1 Å². The van der Waals surface area contributed by atoms with E-state index in [-0.39, 0.29) is 18.0 Å². The van der Waals surface area contributed by atoms with Gasteiger partial charge in [-0.25, -0.2) is 9.18 Å². The Kier molecular flexibility index (Phi) is 7.75. The maximum atomic E-state index is 13.6. The van der Waals surface area contributed by atoms with Gasteiger partial charge in [-0.1, -0.05) is 42.5 Å². The molecule has 0 spiro atoms. The number of halogens is 1. The number of carbonyl (C=O) groups excluding carboxylic acids is 1. The molecule has 3 aromatic rings. The summed E-state index contributed by atoms with van der Waals surface area (Å²) in [6.45, 7) is 7.20. The van der Waals surface area contributed by atoms with Gasteiger partial charge in [0, 0.05) is 30.9 Å². The molecule has 1 atom stereocenters. The van der Waals surface area contributed by atoms with Crippen molar-refractivity contribution in [3.05, 3.63) is 95.8 Å². The van der Waals surface area contributed by atoms with Crippen molar-refractivity contribution < 1.29 is 23.1 Å². The summed E-state index contributed by atoms with van der Waals surface area (Å²) in [5.41, 5.74) is 2.72. The number of para-hydroxylation sites is 1. The van der Waals surface area contributed by atoms with E-state index in [1.54, 1.807) is 17.0 Å². The van der Waals surface area contributed by atoms with Gasteiger partial charge in [0.2, 0.25) is 0 Å². The number of hydrogen-bond donors (Lipinski definition) is 0. The molecule has 1 amide bonds. The molecule has 3 aromatic carbocycles. The third-order valence-corrected chi connectivity index (χ3v) is 7.87. The number of aryl methyl sites for hydroxylation is 1. The van der Waals surface area contributed by atoms with Crippen molar-refractivity contribution in [2.75, 3.05) is 37.7 Å². The molecule has 0 N–H and O–H groups in total. The van der Waals surface area contributed by atoms with Crippen LogP contribution in [-0.2, 0) is 11.3 Å². The summed E-state index contributed by atoms with van der Waals surface area (Å²) in [4.78, 5) is 15.3. The van der Waals surface area contributed by atoms with Gasteiger partial charge in [-0.2, -0.15) is 0 Å². The van der Waals surface area contributed by atoms with Crippen LogP contribution < -0.4 is 9.64 Å². The van der Waals surface area contributed by atoms with Crippen LogP contribution in [0.2, 0.25) is 0 Å². The monoisotopic (exact) mass is 503 g/mol. The summed E-state index contributed by atoms with van der Waals surface area (Å²) in [6, 6.07) is 24.1. The van der Waals surface area contributed by atoms with Crippen LogP contribution in [0.5, 0.6) is 5.75 Å². The summed E-state index contributed by atoms with van der Waals surface area (Å²) in [6.07, 6.45) is 2.71. The van der Waals surface area contributed by atoms with E-state index < -0.39 is 0 Å². The highest BCUT2D eigenvalue weighted by atomic mass is 19.1. The van der Waals surface area contributed by atoms with Crippen molar-refractivity contribution in [2.24, 2.45) is 5.92 Å². The molecule has 3 heterocycles. The largest absolute Gasteiger partial charge is 0.493 e. The molecular formula is C31H36FN2O3+. The molecule has 0 aliphatic carbocycles. The summed E-state index contributed by atoms with van der Waals surface area (Å²) in [7, 11) is 0. The Hall–Kier alpha value is -3.38. The Morgan fingerprint density at radius 1 is 1.00 bits per heavy atom. The van der Waals surface area contributed by atoms with Crippen molar-refractivity contribution in [3.63, 3.8) is 0 Å². The fraction of sp³-hybridized carbons (Fsp3) is 0.387. The van der Waals surface area contributed by atoms with Gasteiger partial charge < -0.3 is 14.0 Å². The fourth-order valence-corrected chi connectivity index (χ4v) is 5.80. The third kappa shape index (κ3) is 6.31. The summed E-state index contributed by atoms with van der Waals surface area (Å²) < 4.78 is 26.6. The predicted molar refractivity (Wildman–Crippen MR) is 143 cm³/mol. The minimum atomic E-state index is -0.334. The predicted octanol–water partition coefficient (Wildman–Crippen LogP) is 6.36. The maximum absolute atomic E-state index is 13.6. The Labute approximate surface area is 219 Å². The van der Waals surface area contributed by atoms with E-state index in [0.29, 0.717) is 19.1 Å². The summed E-state index contributed by atoms with van der Waals surface area (Å²) >= 11 is 0. The lowest BCUT2D eigenvalue weighted by Crippen LogP contribution is -2.65. The van der Waals surface area contributed by atoms with Gasteiger partial charge in [0.25, 0.3) is 0 Å². The van der Waals surface area contributed by atoms with E-state index in [9.17, 15) is 9.18 Å². The van der Waals surface area contributed by atoms with Gasteiger partial charge in [-0.05, 0) is 54.4 Å². The van der Waals surface area contributed by atoms with Crippen LogP contribution in [0.1, 0.15) is 30.4 Å². The topological polar surface area (TPSA) is 38.8 Å². The number of carbonyl (C=O) groups is 1. The Balaban J connectivity index is 1.24. The van der Waals surface area contributed by atoms with Gasteiger partial charge >= 0.3 is 6.09 Å². The van der Waals surface area contributed by atoms with Gasteiger partial charge in [0.05, 0.1) is 32.8 Å². The molecule has 5 nitrogen and oxygen atoms in total. The van der Waals surface area contributed by atoms with Crippen molar-refractivity contribution in [2.45, 2.75) is 38.8 Å². The Morgan fingerprint density at radius 2 is 1.76 bits per heavy atom. The third-order valence-electron chi connectivity index (χ3n) is 7.87. The van der Waals surface area contributed by atoms with Gasteiger partial charge in [0.1, 0.15) is 18.1 Å². The molecule has 0 aromatic heterocycles. The van der Waals surface area contributed by atoms with Crippen molar-refractivity contribution in [1.29, 1.82) is 0 Å². The lowest BCUT2D eigenvalue weighted by Gasteiger charge is -2.52. The highest BCUT2D eigenvalue weighted by Crippen LogP contribution is 2.36. The SMILES string of the molecule is Cc1cccc(N(Cc2ccc(F)cc2)C(=O)OC2C[N+]3(CCCOc4ccccc4)CCC2CC3)c1. The second-order valence-electron chi connectivity index (χ2n) is 10.5. The van der Waals surface area contributed by atoms with Crippen LogP contribution >= 0.6 is 0 Å². The number of benzene rings is 3. The normalized spacial score (nSPS) is 22.4. The maximum Gasteiger partial charge on any atom is 0.415 e. The van der Waals surface area contributed by atoms with Gasteiger partial charge in [-0.15, -0.1) is 0 Å². The first-order valence-electron chi connectivity index (χ1n) is 13.3. The lowest BCUT2D eigenvalue weighted by atomic mass is 9.83. The molecule has 3 aliphatic heterocycles. The number of fused-ring (bicyclic) bond motifs is 3. The van der Waals surface area contributed by atoms with Crippen LogP contribution in [-0.4, -0.2) is 49.5 Å². The first kappa shape index (κ1) is 25.3. The molecule has 37 heavy (non-hydrogen) atoms. The number of rotatable bonds is 9. The molecule has 0 saturated carbocycles. The molecule has 0 radical (unpaired) electrons.